The van der Waals surface area contributed by atoms with Crippen LogP contribution in [0.5, 0.6) is 11.5 Å². The number of pyridine rings is 1. The molecule has 1 saturated carbocycles. The molecule has 8 nitrogen and oxygen atoms in total. The number of anilines is 1. The van der Waals surface area contributed by atoms with E-state index in [2.05, 4.69) is 45.4 Å². The molecule has 3 aliphatic heterocycles. The third-order valence-electron chi connectivity index (χ3n) is 7.26. The number of rotatable bonds is 7. The predicted octanol–water partition coefficient (Wildman–Crippen LogP) is 4.25. The van der Waals surface area contributed by atoms with Gasteiger partial charge in [0, 0.05) is 49.0 Å². The van der Waals surface area contributed by atoms with Crippen LogP contribution in [0.15, 0.2) is 58.3 Å². The molecule has 0 amide bonds. The molecule has 0 spiro atoms. The van der Waals surface area contributed by atoms with Crippen molar-refractivity contribution in [2.45, 2.75) is 51.8 Å². The van der Waals surface area contributed by atoms with Crippen molar-refractivity contribution in [2.75, 3.05) is 25.1 Å². The van der Waals surface area contributed by atoms with Crippen LogP contribution < -0.4 is 19.8 Å². The fourth-order valence-corrected chi connectivity index (χ4v) is 5.16. The largest absolute Gasteiger partial charge is 0.497 e. The molecule has 3 unspecified atom stereocenters. The first-order valence-corrected chi connectivity index (χ1v) is 12.5. The fourth-order valence-electron chi connectivity index (χ4n) is 5.16. The maximum Gasteiger partial charge on any atom is 0.165 e. The number of ether oxygens (including phenoxy) is 2. The molecule has 0 bridgehead atoms. The monoisotopic (exact) mass is 472 g/mol. The fraction of sp³-hybridized carbons (Fsp3) is 0.444. The zero-order chi connectivity index (χ0) is 23.9. The summed E-state index contributed by atoms with van der Waals surface area (Å²) in [5, 5.41) is 2.07. The van der Waals surface area contributed by atoms with Gasteiger partial charge in [-0.25, -0.2) is 15.4 Å². The Balaban J connectivity index is 1.21. The van der Waals surface area contributed by atoms with Crippen LogP contribution in [0.4, 0.5) is 5.82 Å². The average Bonchev–Trinajstić information content (AvgIpc) is 3.27. The minimum absolute atomic E-state index is 0.0417. The predicted molar refractivity (Wildman–Crippen MR) is 137 cm³/mol. The summed E-state index contributed by atoms with van der Waals surface area (Å²) in [5.74, 6) is 4.43. The van der Waals surface area contributed by atoms with Gasteiger partial charge in [0.15, 0.2) is 5.84 Å². The Morgan fingerprint density at radius 3 is 2.74 bits per heavy atom. The highest BCUT2D eigenvalue weighted by Crippen LogP contribution is 2.51. The summed E-state index contributed by atoms with van der Waals surface area (Å²) in [5.41, 5.74) is 7.77. The van der Waals surface area contributed by atoms with E-state index in [-0.39, 0.29) is 6.17 Å². The maximum absolute atomic E-state index is 6.28. The van der Waals surface area contributed by atoms with Gasteiger partial charge in [-0.3, -0.25) is 10.0 Å². The SMILES string of the molecule is COc1cccc(COc2cc(C3CC3C3N=C4C(C)=NC=C(C)N4N3)nc(N3CCCC3)c2)c1. The van der Waals surface area contributed by atoms with Crippen molar-refractivity contribution in [3.05, 3.63) is 59.6 Å². The molecule has 2 aromatic rings. The van der Waals surface area contributed by atoms with Crippen LogP contribution in [0.2, 0.25) is 0 Å². The van der Waals surface area contributed by atoms with E-state index in [1.807, 2.05) is 31.3 Å². The highest BCUT2D eigenvalue weighted by atomic mass is 16.5. The van der Waals surface area contributed by atoms with Crippen molar-refractivity contribution >= 4 is 17.4 Å². The summed E-state index contributed by atoms with van der Waals surface area (Å²) in [6.07, 6.45) is 5.42. The van der Waals surface area contributed by atoms with Gasteiger partial charge in [0.25, 0.3) is 0 Å². The lowest BCUT2D eigenvalue weighted by atomic mass is 10.2. The highest BCUT2D eigenvalue weighted by molar-refractivity contribution is 6.41. The van der Waals surface area contributed by atoms with Crippen LogP contribution in [0.25, 0.3) is 0 Å². The van der Waals surface area contributed by atoms with Crippen LogP contribution in [0.3, 0.4) is 0 Å². The van der Waals surface area contributed by atoms with Gasteiger partial charge >= 0.3 is 0 Å². The zero-order valence-corrected chi connectivity index (χ0v) is 20.6. The van der Waals surface area contributed by atoms with Gasteiger partial charge in [0.05, 0.1) is 18.5 Å². The van der Waals surface area contributed by atoms with E-state index < -0.39 is 0 Å². The van der Waals surface area contributed by atoms with Crippen molar-refractivity contribution in [2.24, 2.45) is 15.9 Å². The Kier molecular flexibility index (Phi) is 5.68. The number of benzene rings is 1. The Morgan fingerprint density at radius 1 is 1.09 bits per heavy atom. The van der Waals surface area contributed by atoms with Crippen LogP contribution in [0.1, 0.15) is 50.3 Å². The van der Waals surface area contributed by atoms with Crippen molar-refractivity contribution in [1.29, 1.82) is 0 Å². The van der Waals surface area contributed by atoms with E-state index in [0.29, 0.717) is 18.4 Å². The van der Waals surface area contributed by atoms with Crippen LogP contribution in [-0.4, -0.2) is 47.9 Å². The topological polar surface area (TPSA) is 74.6 Å². The molecule has 1 N–H and O–H groups in total. The van der Waals surface area contributed by atoms with E-state index in [4.69, 9.17) is 19.5 Å². The van der Waals surface area contributed by atoms with E-state index >= 15 is 0 Å². The molecule has 1 aromatic heterocycles. The first kappa shape index (κ1) is 22.1. The van der Waals surface area contributed by atoms with E-state index in [1.54, 1.807) is 7.11 Å². The number of hydrogen-bond acceptors (Lipinski definition) is 8. The first-order valence-electron chi connectivity index (χ1n) is 12.5. The minimum atomic E-state index is 0.0417. The Hall–Kier alpha value is -3.39. The van der Waals surface area contributed by atoms with Gasteiger partial charge < -0.3 is 14.4 Å². The first-order chi connectivity index (χ1) is 17.1. The standard InChI is InChI=1S/C27H32N6O2/c1-17-15-28-18(2)27-30-26(31-33(17)27)23-14-22(23)24-12-21(13-25(29-24)32-9-4-5-10-32)35-16-19-7-6-8-20(11-19)34-3/h6-8,11-13,15,22-23,26,31H,4-5,9-10,14,16H2,1-3H3. The van der Waals surface area contributed by atoms with E-state index in [0.717, 1.165) is 65.3 Å². The summed E-state index contributed by atoms with van der Waals surface area (Å²) in [7, 11) is 1.69. The Morgan fingerprint density at radius 2 is 1.94 bits per heavy atom. The molecule has 8 heteroatoms. The highest BCUT2D eigenvalue weighted by Gasteiger charge is 2.48. The van der Waals surface area contributed by atoms with Gasteiger partial charge in [-0.05, 0) is 50.8 Å². The Labute approximate surface area is 206 Å². The quantitative estimate of drug-likeness (QED) is 0.649. The number of methoxy groups -OCH3 is 1. The lowest BCUT2D eigenvalue weighted by Crippen LogP contribution is -2.43. The number of allylic oxidation sites excluding steroid dienone is 1. The normalized spacial score (nSPS) is 25.1. The third-order valence-corrected chi connectivity index (χ3v) is 7.26. The molecule has 4 heterocycles. The second kappa shape index (κ2) is 9.00. The molecular weight excluding hydrogens is 440 g/mol. The Bertz CT molecular complexity index is 1220. The summed E-state index contributed by atoms with van der Waals surface area (Å²) < 4.78 is 11.6. The second-order valence-corrected chi connectivity index (χ2v) is 9.77. The lowest BCUT2D eigenvalue weighted by molar-refractivity contribution is 0.304. The van der Waals surface area contributed by atoms with Crippen molar-refractivity contribution in [3.63, 3.8) is 0 Å². The molecule has 182 valence electrons. The minimum Gasteiger partial charge on any atom is -0.497 e. The van der Waals surface area contributed by atoms with E-state index in [1.165, 1.54) is 12.8 Å². The van der Waals surface area contributed by atoms with Gasteiger partial charge in [-0.15, -0.1) is 0 Å². The molecule has 6 rings (SSSR count). The molecule has 1 aliphatic carbocycles. The molecule has 3 atom stereocenters. The molecule has 1 saturated heterocycles. The summed E-state index contributed by atoms with van der Waals surface area (Å²) >= 11 is 0. The van der Waals surface area contributed by atoms with Gasteiger partial charge in [0.2, 0.25) is 0 Å². The number of hydrogen-bond donors (Lipinski definition) is 1. The maximum atomic E-state index is 6.28. The van der Waals surface area contributed by atoms with Crippen LogP contribution >= 0.6 is 0 Å². The number of aliphatic imine (C=N–C) groups is 2. The summed E-state index contributed by atoms with van der Waals surface area (Å²) in [6, 6.07) is 12.2. The molecule has 4 aliphatic rings. The van der Waals surface area contributed by atoms with Crippen molar-refractivity contribution < 1.29 is 9.47 Å². The zero-order valence-electron chi connectivity index (χ0n) is 20.6. The number of nitrogens with zero attached hydrogens (tertiary/aromatic N) is 5. The van der Waals surface area contributed by atoms with Gasteiger partial charge in [-0.2, -0.15) is 0 Å². The summed E-state index contributed by atoms with van der Waals surface area (Å²) in [4.78, 5) is 16.9. The van der Waals surface area contributed by atoms with Crippen molar-refractivity contribution in [1.82, 2.24) is 15.4 Å². The van der Waals surface area contributed by atoms with Crippen LogP contribution in [-0.2, 0) is 6.61 Å². The number of aromatic nitrogens is 1. The molecule has 2 fully saturated rings. The number of fused-ring (bicyclic) bond motifs is 1. The average molecular weight is 473 g/mol. The molecule has 1 aromatic carbocycles. The molecule has 0 radical (unpaired) electrons. The number of nitrogens with one attached hydrogen (secondary N) is 1. The smallest absolute Gasteiger partial charge is 0.165 e. The number of amidine groups is 1. The molecular formula is C27H32N6O2. The van der Waals surface area contributed by atoms with Gasteiger partial charge in [-0.1, -0.05) is 12.1 Å². The molecule has 35 heavy (non-hydrogen) atoms. The second-order valence-electron chi connectivity index (χ2n) is 9.77. The summed E-state index contributed by atoms with van der Waals surface area (Å²) in [6.45, 7) is 6.66. The van der Waals surface area contributed by atoms with Crippen LogP contribution in [0, 0.1) is 5.92 Å². The van der Waals surface area contributed by atoms with Gasteiger partial charge in [0.1, 0.15) is 30.1 Å². The third kappa shape index (κ3) is 4.38. The van der Waals surface area contributed by atoms with E-state index in [9.17, 15) is 0 Å². The number of hydrazine groups is 1. The lowest BCUT2D eigenvalue weighted by Gasteiger charge is -2.24. The van der Waals surface area contributed by atoms with Crippen molar-refractivity contribution in [3.8, 4) is 11.5 Å².